The number of hydrogen-bond donors (Lipinski definition) is 2. The molecule has 0 spiro atoms. The monoisotopic (exact) mass is 361 g/mol. The molecule has 0 saturated heterocycles. The third-order valence-corrected chi connectivity index (χ3v) is 4.32. The molecule has 2 aromatic heterocycles. The first-order valence-corrected chi connectivity index (χ1v) is 8.84. The lowest BCUT2D eigenvalue weighted by molar-refractivity contribution is -0.117. The lowest BCUT2D eigenvalue weighted by Gasteiger charge is -2.08. The largest absolute Gasteiger partial charge is 0.347 e. The van der Waals surface area contributed by atoms with E-state index >= 15 is 0 Å². The van der Waals surface area contributed by atoms with Crippen molar-refractivity contribution < 1.29 is 9.59 Å². The highest BCUT2D eigenvalue weighted by Gasteiger charge is 2.30. The van der Waals surface area contributed by atoms with Crippen molar-refractivity contribution >= 4 is 17.6 Å². The van der Waals surface area contributed by atoms with E-state index in [9.17, 15) is 9.59 Å². The van der Waals surface area contributed by atoms with Crippen LogP contribution in [0.2, 0.25) is 0 Å². The maximum Gasteiger partial charge on any atom is 0.272 e. The first-order valence-electron chi connectivity index (χ1n) is 8.84. The minimum absolute atomic E-state index is 0.0330. The average Bonchev–Trinajstić information content (AvgIpc) is 3.48. The molecule has 2 amide bonds. The summed E-state index contributed by atoms with van der Waals surface area (Å²) in [4.78, 5) is 28.7. The smallest absolute Gasteiger partial charge is 0.272 e. The zero-order valence-corrected chi connectivity index (χ0v) is 14.6. The van der Waals surface area contributed by atoms with Gasteiger partial charge in [0.2, 0.25) is 5.91 Å². The zero-order valence-electron chi connectivity index (χ0n) is 14.6. The van der Waals surface area contributed by atoms with E-state index < -0.39 is 0 Å². The van der Waals surface area contributed by atoms with Crippen LogP contribution in [0.1, 0.15) is 28.9 Å². The van der Waals surface area contributed by atoms with E-state index in [0.29, 0.717) is 12.4 Å². The van der Waals surface area contributed by atoms with Crippen LogP contribution in [0.25, 0.3) is 5.69 Å². The normalized spacial score (nSPS) is 13.2. The summed E-state index contributed by atoms with van der Waals surface area (Å²) >= 11 is 0. The van der Waals surface area contributed by atoms with E-state index in [1.807, 2.05) is 42.5 Å². The summed E-state index contributed by atoms with van der Waals surface area (Å²) in [5.74, 6) is 0.210. The number of hydrogen-bond acceptors (Lipinski definition) is 4. The SMILES string of the molecule is O=C(NCc1cccnc1)c1cc(NC(=O)C2CC2)n(-c2ccccc2)n1. The highest BCUT2D eigenvalue weighted by molar-refractivity contribution is 5.97. The molecule has 1 fully saturated rings. The van der Waals surface area contributed by atoms with Crippen LogP contribution in [-0.4, -0.2) is 26.6 Å². The molecule has 0 atom stereocenters. The maximum atomic E-state index is 12.5. The standard InChI is InChI=1S/C20H19N5O2/c26-19(15-8-9-15)23-18-11-17(24-25(18)16-6-2-1-3-7-16)20(27)22-13-14-5-4-10-21-12-14/h1-7,10-12,15H,8-9,13H2,(H,22,27)(H,23,26). The maximum absolute atomic E-state index is 12.5. The molecule has 7 heteroatoms. The Hall–Kier alpha value is -3.48. The Morgan fingerprint density at radius 2 is 1.93 bits per heavy atom. The molecule has 0 unspecified atom stereocenters. The van der Waals surface area contributed by atoms with Crippen LogP contribution in [0.5, 0.6) is 0 Å². The van der Waals surface area contributed by atoms with Crippen molar-refractivity contribution in [3.8, 4) is 5.69 Å². The third kappa shape index (κ3) is 4.03. The second-order valence-electron chi connectivity index (χ2n) is 6.47. The van der Waals surface area contributed by atoms with Crippen molar-refractivity contribution in [3.05, 3.63) is 72.2 Å². The van der Waals surface area contributed by atoms with Gasteiger partial charge in [0.15, 0.2) is 5.69 Å². The Bertz CT molecular complexity index is 949. The minimum Gasteiger partial charge on any atom is -0.347 e. The summed E-state index contributed by atoms with van der Waals surface area (Å²) in [7, 11) is 0. The minimum atomic E-state index is -0.310. The second kappa shape index (κ2) is 7.41. The van der Waals surface area contributed by atoms with Crippen LogP contribution in [0, 0.1) is 5.92 Å². The summed E-state index contributed by atoms with van der Waals surface area (Å²) in [6, 6.07) is 14.7. The molecule has 7 nitrogen and oxygen atoms in total. The van der Waals surface area contributed by atoms with E-state index in [1.165, 1.54) is 0 Å². The Morgan fingerprint density at radius 1 is 1.11 bits per heavy atom. The number of aromatic nitrogens is 3. The first kappa shape index (κ1) is 17.0. The van der Waals surface area contributed by atoms with Crippen LogP contribution in [0.15, 0.2) is 60.9 Å². The Kier molecular flexibility index (Phi) is 4.65. The van der Waals surface area contributed by atoms with Crippen LogP contribution >= 0.6 is 0 Å². The molecule has 1 aliphatic carbocycles. The van der Waals surface area contributed by atoms with Gasteiger partial charge in [0.05, 0.1) is 5.69 Å². The van der Waals surface area contributed by atoms with Crippen molar-refractivity contribution in [2.24, 2.45) is 5.92 Å². The van der Waals surface area contributed by atoms with Crippen molar-refractivity contribution in [2.45, 2.75) is 19.4 Å². The van der Waals surface area contributed by atoms with E-state index in [4.69, 9.17) is 0 Å². The van der Waals surface area contributed by atoms with Crippen molar-refractivity contribution in [1.29, 1.82) is 0 Å². The molecule has 4 rings (SSSR count). The summed E-state index contributed by atoms with van der Waals surface area (Å²) in [5, 5.41) is 10.1. The highest BCUT2D eigenvalue weighted by atomic mass is 16.2. The number of pyridine rings is 1. The van der Waals surface area contributed by atoms with Crippen LogP contribution in [0.3, 0.4) is 0 Å². The van der Waals surface area contributed by atoms with Gasteiger partial charge in [0, 0.05) is 30.9 Å². The number of amides is 2. The quantitative estimate of drug-likeness (QED) is 0.706. The van der Waals surface area contributed by atoms with E-state index in [1.54, 1.807) is 23.1 Å². The Balaban J connectivity index is 1.56. The van der Waals surface area contributed by atoms with E-state index in [-0.39, 0.29) is 23.4 Å². The topological polar surface area (TPSA) is 88.9 Å². The number of carbonyl (C=O) groups excluding carboxylic acids is 2. The predicted molar refractivity (Wildman–Crippen MR) is 100 cm³/mol. The van der Waals surface area contributed by atoms with Gasteiger partial charge in [-0.1, -0.05) is 24.3 Å². The molecule has 0 radical (unpaired) electrons. The molecule has 1 saturated carbocycles. The van der Waals surface area contributed by atoms with Crippen molar-refractivity contribution in [2.75, 3.05) is 5.32 Å². The molecule has 3 aromatic rings. The molecule has 1 aliphatic rings. The van der Waals surface area contributed by atoms with Gasteiger partial charge in [-0.05, 0) is 36.6 Å². The van der Waals surface area contributed by atoms with Crippen LogP contribution in [0.4, 0.5) is 5.82 Å². The Morgan fingerprint density at radius 3 is 2.63 bits per heavy atom. The van der Waals surface area contributed by atoms with Gasteiger partial charge >= 0.3 is 0 Å². The fourth-order valence-electron chi connectivity index (χ4n) is 2.70. The molecule has 27 heavy (non-hydrogen) atoms. The molecular formula is C20H19N5O2. The number of nitrogens with one attached hydrogen (secondary N) is 2. The highest BCUT2D eigenvalue weighted by Crippen LogP contribution is 2.30. The van der Waals surface area contributed by atoms with Crippen molar-refractivity contribution in [1.82, 2.24) is 20.1 Å². The fourth-order valence-corrected chi connectivity index (χ4v) is 2.70. The third-order valence-electron chi connectivity index (χ3n) is 4.32. The van der Waals surface area contributed by atoms with E-state index in [2.05, 4.69) is 20.7 Å². The number of carbonyl (C=O) groups is 2. The van der Waals surface area contributed by atoms with Crippen LogP contribution in [-0.2, 0) is 11.3 Å². The van der Waals surface area contributed by atoms with Gasteiger partial charge in [-0.15, -0.1) is 0 Å². The average molecular weight is 361 g/mol. The van der Waals surface area contributed by atoms with Crippen LogP contribution < -0.4 is 10.6 Å². The molecule has 1 aromatic carbocycles. The number of nitrogens with zero attached hydrogens (tertiary/aromatic N) is 3. The molecular weight excluding hydrogens is 342 g/mol. The van der Waals surface area contributed by atoms with Gasteiger partial charge in [-0.2, -0.15) is 5.10 Å². The lowest BCUT2D eigenvalue weighted by atomic mass is 10.3. The summed E-state index contributed by atoms with van der Waals surface area (Å²) in [5.41, 5.74) is 1.92. The number of para-hydroxylation sites is 1. The predicted octanol–water partition coefficient (Wildman–Crippen LogP) is 2.55. The van der Waals surface area contributed by atoms with Gasteiger partial charge in [-0.3, -0.25) is 14.6 Å². The van der Waals surface area contributed by atoms with E-state index in [0.717, 1.165) is 24.1 Å². The zero-order chi connectivity index (χ0) is 18.6. The first-order chi connectivity index (χ1) is 13.2. The second-order valence-corrected chi connectivity index (χ2v) is 6.47. The van der Waals surface area contributed by atoms with Gasteiger partial charge < -0.3 is 10.6 Å². The molecule has 136 valence electrons. The number of anilines is 1. The summed E-state index contributed by atoms with van der Waals surface area (Å²) in [6.45, 7) is 0.356. The summed E-state index contributed by atoms with van der Waals surface area (Å²) < 4.78 is 1.58. The van der Waals surface area contributed by atoms with Gasteiger partial charge in [-0.25, -0.2) is 4.68 Å². The lowest BCUT2D eigenvalue weighted by Crippen LogP contribution is -2.23. The fraction of sp³-hybridized carbons (Fsp3) is 0.200. The number of rotatable bonds is 6. The van der Waals surface area contributed by atoms with Gasteiger partial charge in [0.25, 0.3) is 5.91 Å². The van der Waals surface area contributed by atoms with Crippen molar-refractivity contribution in [3.63, 3.8) is 0 Å². The molecule has 0 aliphatic heterocycles. The van der Waals surface area contributed by atoms with Gasteiger partial charge in [0.1, 0.15) is 5.82 Å². The molecule has 0 bridgehead atoms. The Labute approximate surface area is 156 Å². The molecule has 2 heterocycles. The molecule has 2 N–H and O–H groups in total. The number of benzene rings is 1. The summed E-state index contributed by atoms with van der Waals surface area (Å²) in [6.07, 6.45) is 5.19.